The zero-order chi connectivity index (χ0) is 23.8. The molecule has 0 radical (unpaired) electrons. The number of nitrogens with zero attached hydrogens (tertiary/aromatic N) is 3. The monoisotopic (exact) mass is 453 g/mol. The first-order valence-electron chi connectivity index (χ1n) is 9.62. The molecule has 1 unspecified atom stereocenters. The molecule has 9 nitrogen and oxygen atoms in total. The van der Waals surface area contributed by atoms with Crippen LogP contribution in [-0.4, -0.2) is 52.2 Å². The average Bonchev–Trinajstić information content (AvgIpc) is 2.79. The summed E-state index contributed by atoms with van der Waals surface area (Å²) in [6.07, 6.45) is -2.26. The molecule has 0 aliphatic carbocycles. The molecule has 0 aromatic heterocycles. The molecule has 0 bridgehead atoms. The van der Waals surface area contributed by atoms with Crippen LogP contribution in [-0.2, 0) is 24.6 Å². The molecule has 1 heterocycles. The second-order valence-corrected chi connectivity index (χ2v) is 9.50. The van der Waals surface area contributed by atoms with E-state index in [9.17, 15) is 14.4 Å². The lowest BCUT2D eigenvalue weighted by Gasteiger charge is -2.38. The van der Waals surface area contributed by atoms with Gasteiger partial charge in [-0.15, -0.1) is 5.06 Å². The van der Waals surface area contributed by atoms with Gasteiger partial charge in [-0.1, -0.05) is 23.7 Å². The van der Waals surface area contributed by atoms with Gasteiger partial charge in [-0.25, -0.2) is 14.6 Å². The number of carbonyl (C=O) groups is 3. The molecule has 10 heteroatoms. The number of benzene rings is 1. The summed E-state index contributed by atoms with van der Waals surface area (Å²) in [5.41, 5.74) is -3.33. The van der Waals surface area contributed by atoms with E-state index in [1.165, 1.54) is 20.0 Å². The van der Waals surface area contributed by atoms with Crippen molar-refractivity contribution in [1.82, 2.24) is 10.1 Å². The van der Waals surface area contributed by atoms with Gasteiger partial charge in [0.15, 0.2) is 0 Å². The molecule has 170 valence electrons. The van der Waals surface area contributed by atoms with Gasteiger partial charge < -0.3 is 9.47 Å². The van der Waals surface area contributed by atoms with E-state index in [2.05, 4.69) is 5.10 Å². The van der Waals surface area contributed by atoms with Gasteiger partial charge in [-0.3, -0.25) is 9.63 Å². The number of hydrazone groups is 1. The number of amides is 2. The van der Waals surface area contributed by atoms with Gasteiger partial charge in [0.25, 0.3) is 5.91 Å². The normalized spacial score (nSPS) is 19.1. The Morgan fingerprint density at radius 2 is 1.68 bits per heavy atom. The molecule has 0 saturated heterocycles. The number of halogens is 1. The minimum absolute atomic E-state index is 0.177. The van der Waals surface area contributed by atoms with Gasteiger partial charge in [-0.2, -0.15) is 5.10 Å². The Kier molecular flexibility index (Phi) is 6.61. The maximum absolute atomic E-state index is 13.4. The first-order valence-corrected chi connectivity index (χ1v) is 10.00. The highest BCUT2D eigenvalue weighted by Crippen LogP contribution is 2.39. The maximum atomic E-state index is 13.4. The Bertz CT molecular complexity index is 918. The summed E-state index contributed by atoms with van der Waals surface area (Å²) in [5, 5.41) is 6.13. The highest BCUT2D eigenvalue weighted by molar-refractivity contribution is 6.30. The quantitative estimate of drug-likeness (QED) is 0.483. The highest BCUT2D eigenvalue weighted by atomic mass is 35.5. The first kappa shape index (κ1) is 24.5. The molecule has 1 aromatic carbocycles. The minimum Gasteiger partial charge on any atom is -0.442 e. The van der Waals surface area contributed by atoms with Crippen molar-refractivity contribution >= 4 is 35.5 Å². The molecular weight excluding hydrogens is 426 g/mol. The number of rotatable bonds is 2. The Hall–Kier alpha value is -2.81. The predicted molar refractivity (Wildman–Crippen MR) is 114 cm³/mol. The third-order valence-corrected chi connectivity index (χ3v) is 4.32. The van der Waals surface area contributed by atoms with Crippen LogP contribution in [0.4, 0.5) is 9.59 Å². The Balaban J connectivity index is 2.69. The molecule has 2 amide bonds. The van der Waals surface area contributed by atoms with Crippen LogP contribution in [0.5, 0.6) is 0 Å². The number of hydroxylamine groups is 2. The van der Waals surface area contributed by atoms with E-state index in [1.54, 1.807) is 59.7 Å². The summed E-state index contributed by atoms with van der Waals surface area (Å²) in [7, 11) is 1.43. The second kappa shape index (κ2) is 8.37. The molecule has 0 saturated carbocycles. The van der Waals surface area contributed by atoms with Crippen molar-refractivity contribution in [3.8, 4) is 0 Å². The first-order chi connectivity index (χ1) is 14.1. The zero-order valence-electron chi connectivity index (χ0n) is 19.0. The van der Waals surface area contributed by atoms with Gasteiger partial charge in [0.2, 0.25) is 5.54 Å². The van der Waals surface area contributed by atoms with Crippen molar-refractivity contribution in [2.24, 2.45) is 5.10 Å². The average molecular weight is 454 g/mol. The second-order valence-electron chi connectivity index (χ2n) is 9.07. The predicted octanol–water partition coefficient (Wildman–Crippen LogP) is 4.49. The topological polar surface area (TPSA) is 97.7 Å². The van der Waals surface area contributed by atoms with Crippen molar-refractivity contribution in [1.29, 1.82) is 0 Å². The van der Waals surface area contributed by atoms with Crippen molar-refractivity contribution < 1.29 is 28.7 Å². The smallest absolute Gasteiger partial charge is 0.442 e. The molecule has 0 fully saturated rings. The number of ether oxygens (including phenoxy) is 2. The largest absolute Gasteiger partial charge is 0.534 e. The summed E-state index contributed by atoms with van der Waals surface area (Å²) in [6.45, 7) is 11.4. The number of likely N-dealkylation sites (N-methyl/N-ethyl adjacent to an activating group) is 1. The lowest BCUT2D eigenvalue weighted by Crippen LogP contribution is -2.59. The molecule has 31 heavy (non-hydrogen) atoms. The highest BCUT2D eigenvalue weighted by Gasteiger charge is 2.60. The van der Waals surface area contributed by atoms with E-state index >= 15 is 0 Å². The van der Waals surface area contributed by atoms with Crippen LogP contribution in [0.3, 0.4) is 0 Å². The summed E-state index contributed by atoms with van der Waals surface area (Å²) >= 11 is 6.17. The molecule has 0 spiro atoms. The van der Waals surface area contributed by atoms with Crippen LogP contribution in [0, 0.1) is 0 Å². The summed E-state index contributed by atoms with van der Waals surface area (Å²) in [4.78, 5) is 44.5. The summed E-state index contributed by atoms with van der Waals surface area (Å²) in [6, 6.07) is 6.30. The van der Waals surface area contributed by atoms with Crippen molar-refractivity contribution in [3.63, 3.8) is 0 Å². The van der Waals surface area contributed by atoms with Gasteiger partial charge in [-0.05, 0) is 66.2 Å². The van der Waals surface area contributed by atoms with Crippen molar-refractivity contribution in [3.05, 3.63) is 34.9 Å². The Labute approximate surface area is 186 Å². The number of carbonyl (C=O) groups excluding carboxylic acids is 3. The lowest BCUT2D eigenvalue weighted by molar-refractivity contribution is -0.181. The van der Waals surface area contributed by atoms with Crippen molar-refractivity contribution in [2.45, 2.75) is 65.2 Å². The van der Waals surface area contributed by atoms with E-state index in [-0.39, 0.29) is 11.3 Å². The van der Waals surface area contributed by atoms with E-state index < -0.39 is 34.9 Å². The third kappa shape index (κ3) is 5.28. The van der Waals surface area contributed by atoms with Crippen LogP contribution < -0.4 is 0 Å². The van der Waals surface area contributed by atoms with Crippen molar-refractivity contribution in [2.75, 3.05) is 7.05 Å². The van der Waals surface area contributed by atoms with E-state index in [4.69, 9.17) is 25.9 Å². The molecule has 1 aliphatic rings. The fraction of sp³-hybridized carbons (Fsp3) is 0.524. The van der Waals surface area contributed by atoms with Crippen LogP contribution in [0.15, 0.2) is 29.4 Å². The summed E-state index contributed by atoms with van der Waals surface area (Å²) in [5.74, 6) is -0.637. The lowest BCUT2D eigenvalue weighted by atomic mass is 9.85. The van der Waals surface area contributed by atoms with Gasteiger partial charge in [0.1, 0.15) is 11.2 Å². The minimum atomic E-state index is -1.93. The number of hydrogen-bond donors (Lipinski definition) is 0. The standard InChI is InChI=1S/C21H28ClN3O6/c1-13-21(16(26)24(8)23-13,14-10-9-11-15(22)12-14)25(17(27)29-19(2,3)4)31-18(28)30-20(5,6)7/h9-12H,1-8H3. The number of hydrogen-bond acceptors (Lipinski definition) is 7. The molecule has 1 aromatic rings. The third-order valence-electron chi connectivity index (χ3n) is 4.09. The SMILES string of the molecule is CC1=NN(C)C(=O)C1(c1cccc(Cl)c1)N(OC(=O)OC(C)(C)C)C(=O)OC(C)(C)C. The van der Waals surface area contributed by atoms with E-state index in [1.807, 2.05) is 0 Å². The molecule has 2 rings (SSSR count). The molecular formula is C21H28ClN3O6. The van der Waals surface area contributed by atoms with Gasteiger partial charge >= 0.3 is 12.2 Å². The molecule has 0 N–H and O–H groups in total. The zero-order valence-corrected chi connectivity index (χ0v) is 19.7. The van der Waals surface area contributed by atoms with Gasteiger partial charge in [0.05, 0.1) is 5.71 Å². The molecule has 1 aliphatic heterocycles. The maximum Gasteiger partial charge on any atom is 0.534 e. The van der Waals surface area contributed by atoms with Gasteiger partial charge in [0, 0.05) is 12.1 Å². The van der Waals surface area contributed by atoms with Crippen LogP contribution in [0.25, 0.3) is 0 Å². The molecule has 1 atom stereocenters. The van der Waals surface area contributed by atoms with E-state index in [0.29, 0.717) is 10.1 Å². The summed E-state index contributed by atoms with van der Waals surface area (Å²) < 4.78 is 10.7. The van der Waals surface area contributed by atoms with Crippen LogP contribution in [0.2, 0.25) is 5.02 Å². The Morgan fingerprint density at radius 1 is 1.10 bits per heavy atom. The fourth-order valence-corrected chi connectivity index (χ4v) is 3.21. The van der Waals surface area contributed by atoms with Crippen LogP contribution >= 0.6 is 11.6 Å². The van der Waals surface area contributed by atoms with E-state index in [0.717, 1.165) is 5.01 Å². The fourth-order valence-electron chi connectivity index (χ4n) is 3.02. The Morgan fingerprint density at radius 3 is 2.13 bits per heavy atom. The van der Waals surface area contributed by atoms with Crippen LogP contribution in [0.1, 0.15) is 54.0 Å².